The fraction of sp³-hybridized carbons (Fsp3) is 0.333. The topological polar surface area (TPSA) is 46.6 Å². The standard InChI is InChI=1S/C18H23NO3S/c1-13-10-11-14(2)16(12-13)15(3)19(4)23(20,21)18-9-7-6-8-17(18)22-5/h6-12,15H,1-5H3. The maximum absolute atomic E-state index is 13.0. The molecule has 2 rings (SSSR count). The Morgan fingerprint density at radius 1 is 1.09 bits per heavy atom. The molecule has 0 spiro atoms. The van der Waals surface area contributed by atoms with Gasteiger partial charge in [-0.05, 0) is 44.0 Å². The Balaban J connectivity index is 2.45. The van der Waals surface area contributed by atoms with Crippen LogP contribution in [0.15, 0.2) is 47.4 Å². The average molecular weight is 333 g/mol. The predicted molar refractivity (Wildman–Crippen MR) is 92.3 cm³/mol. The van der Waals surface area contributed by atoms with Gasteiger partial charge in [0.05, 0.1) is 7.11 Å². The Kier molecular flexibility index (Phi) is 5.12. The van der Waals surface area contributed by atoms with Crippen LogP contribution in [-0.4, -0.2) is 26.9 Å². The predicted octanol–water partition coefficient (Wildman–Crippen LogP) is 3.69. The fourth-order valence-corrected chi connectivity index (χ4v) is 4.10. The summed E-state index contributed by atoms with van der Waals surface area (Å²) in [5.41, 5.74) is 3.19. The largest absolute Gasteiger partial charge is 0.495 e. The summed E-state index contributed by atoms with van der Waals surface area (Å²) in [7, 11) is -0.570. The highest BCUT2D eigenvalue weighted by molar-refractivity contribution is 7.89. The Labute approximate surface area is 138 Å². The molecule has 1 atom stereocenters. The number of aryl methyl sites for hydroxylation is 2. The Bertz CT molecular complexity index is 800. The SMILES string of the molecule is COc1ccccc1S(=O)(=O)N(C)C(C)c1cc(C)ccc1C. The van der Waals surface area contributed by atoms with Gasteiger partial charge in [-0.15, -0.1) is 0 Å². The molecule has 0 fully saturated rings. The van der Waals surface area contributed by atoms with Crippen LogP contribution in [0.25, 0.3) is 0 Å². The van der Waals surface area contributed by atoms with E-state index in [0.717, 1.165) is 16.7 Å². The van der Waals surface area contributed by atoms with E-state index in [1.807, 2.05) is 39.0 Å². The molecule has 0 saturated heterocycles. The van der Waals surface area contributed by atoms with Crippen LogP contribution in [0.5, 0.6) is 5.75 Å². The van der Waals surface area contributed by atoms with Gasteiger partial charge in [-0.1, -0.05) is 35.9 Å². The molecule has 2 aromatic rings. The van der Waals surface area contributed by atoms with Gasteiger partial charge in [-0.3, -0.25) is 0 Å². The molecule has 0 aliphatic heterocycles. The van der Waals surface area contributed by atoms with Gasteiger partial charge in [-0.25, -0.2) is 8.42 Å². The fourth-order valence-electron chi connectivity index (χ4n) is 2.60. The number of hydrogen-bond acceptors (Lipinski definition) is 3. The van der Waals surface area contributed by atoms with Crippen LogP contribution in [0, 0.1) is 13.8 Å². The van der Waals surface area contributed by atoms with E-state index in [1.165, 1.54) is 11.4 Å². The smallest absolute Gasteiger partial charge is 0.247 e. The maximum atomic E-state index is 13.0. The number of hydrogen-bond donors (Lipinski definition) is 0. The molecule has 0 amide bonds. The lowest BCUT2D eigenvalue weighted by molar-refractivity contribution is 0.381. The summed E-state index contributed by atoms with van der Waals surface area (Å²) < 4.78 is 32.5. The second-order valence-corrected chi connectivity index (χ2v) is 7.67. The highest BCUT2D eigenvalue weighted by Gasteiger charge is 2.29. The molecule has 0 N–H and O–H groups in total. The number of methoxy groups -OCH3 is 1. The van der Waals surface area contributed by atoms with E-state index in [9.17, 15) is 8.42 Å². The second kappa shape index (κ2) is 6.72. The van der Waals surface area contributed by atoms with E-state index in [0.29, 0.717) is 5.75 Å². The number of nitrogens with zero attached hydrogens (tertiary/aromatic N) is 1. The van der Waals surface area contributed by atoms with E-state index < -0.39 is 10.0 Å². The van der Waals surface area contributed by atoms with Crippen molar-refractivity contribution < 1.29 is 13.2 Å². The van der Waals surface area contributed by atoms with E-state index in [1.54, 1.807) is 31.3 Å². The third-order valence-electron chi connectivity index (χ3n) is 4.16. The maximum Gasteiger partial charge on any atom is 0.247 e. The molecule has 0 saturated carbocycles. The zero-order valence-corrected chi connectivity index (χ0v) is 15.0. The summed E-state index contributed by atoms with van der Waals surface area (Å²) in [4.78, 5) is 0.183. The second-order valence-electron chi connectivity index (χ2n) is 5.71. The van der Waals surface area contributed by atoms with E-state index in [-0.39, 0.29) is 10.9 Å². The van der Waals surface area contributed by atoms with Crippen molar-refractivity contribution in [1.82, 2.24) is 4.31 Å². The van der Waals surface area contributed by atoms with Gasteiger partial charge in [0.2, 0.25) is 10.0 Å². The van der Waals surface area contributed by atoms with Gasteiger partial charge in [0.15, 0.2) is 0 Å². The first-order chi connectivity index (χ1) is 10.8. The number of ether oxygens (including phenoxy) is 1. The molecule has 0 heterocycles. The van der Waals surface area contributed by atoms with Crippen molar-refractivity contribution in [2.45, 2.75) is 31.7 Å². The molecule has 23 heavy (non-hydrogen) atoms. The van der Waals surface area contributed by atoms with Crippen LogP contribution < -0.4 is 4.74 Å². The lowest BCUT2D eigenvalue weighted by atomic mass is 10.0. The van der Waals surface area contributed by atoms with Crippen LogP contribution in [0.3, 0.4) is 0 Å². The zero-order chi connectivity index (χ0) is 17.2. The summed E-state index contributed by atoms with van der Waals surface area (Å²) in [5.74, 6) is 0.354. The van der Waals surface area contributed by atoms with E-state index >= 15 is 0 Å². The molecular formula is C18H23NO3S. The minimum Gasteiger partial charge on any atom is -0.495 e. The van der Waals surface area contributed by atoms with Gasteiger partial charge < -0.3 is 4.74 Å². The van der Waals surface area contributed by atoms with E-state index in [4.69, 9.17) is 4.74 Å². The van der Waals surface area contributed by atoms with Crippen molar-refractivity contribution in [3.63, 3.8) is 0 Å². The normalized spacial score (nSPS) is 13.1. The molecule has 0 bridgehead atoms. The third-order valence-corrected chi connectivity index (χ3v) is 6.12. The summed E-state index contributed by atoms with van der Waals surface area (Å²) in [5, 5.41) is 0. The van der Waals surface area contributed by atoms with Gasteiger partial charge >= 0.3 is 0 Å². The van der Waals surface area contributed by atoms with Crippen LogP contribution in [-0.2, 0) is 10.0 Å². The first kappa shape index (κ1) is 17.5. The van der Waals surface area contributed by atoms with Crippen molar-refractivity contribution in [2.75, 3.05) is 14.2 Å². The Hall–Kier alpha value is -1.85. The third kappa shape index (κ3) is 3.41. The van der Waals surface area contributed by atoms with Crippen LogP contribution in [0.4, 0.5) is 0 Å². The van der Waals surface area contributed by atoms with E-state index in [2.05, 4.69) is 0 Å². The molecule has 124 valence electrons. The average Bonchev–Trinajstić information content (AvgIpc) is 2.55. The lowest BCUT2D eigenvalue weighted by Crippen LogP contribution is -2.30. The lowest BCUT2D eigenvalue weighted by Gasteiger charge is -2.26. The minimum absolute atomic E-state index is 0.183. The first-order valence-electron chi connectivity index (χ1n) is 7.47. The van der Waals surface area contributed by atoms with Crippen molar-refractivity contribution in [3.8, 4) is 5.75 Å². The number of rotatable bonds is 5. The Morgan fingerprint density at radius 3 is 2.39 bits per heavy atom. The summed E-state index contributed by atoms with van der Waals surface area (Å²) in [6.07, 6.45) is 0. The quantitative estimate of drug-likeness (QED) is 0.838. The molecule has 0 aliphatic carbocycles. The molecule has 2 aromatic carbocycles. The Morgan fingerprint density at radius 2 is 1.74 bits per heavy atom. The summed E-state index contributed by atoms with van der Waals surface area (Å²) in [6, 6.07) is 12.5. The van der Waals surface area contributed by atoms with Crippen molar-refractivity contribution in [2.24, 2.45) is 0 Å². The number of sulfonamides is 1. The molecule has 0 radical (unpaired) electrons. The molecule has 5 heteroatoms. The summed E-state index contributed by atoms with van der Waals surface area (Å²) >= 11 is 0. The van der Waals surface area contributed by atoms with Crippen molar-refractivity contribution in [3.05, 3.63) is 59.2 Å². The molecule has 0 aromatic heterocycles. The van der Waals surface area contributed by atoms with Crippen LogP contribution in [0.2, 0.25) is 0 Å². The van der Waals surface area contributed by atoms with Gasteiger partial charge in [0.1, 0.15) is 10.6 Å². The van der Waals surface area contributed by atoms with Gasteiger partial charge in [-0.2, -0.15) is 4.31 Å². The van der Waals surface area contributed by atoms with Crippen LogP contribution >= 0.6 is 0 Å². The minimum atomic E-state index is -3.65. The van der Waals surface area contributed by atoms with Crippen molar-refractivity contribution >= 4 is 10.0 Å². The molecule has 1 unspecified atom stereocenters. The molecular weight excluding hydrogens is 310 g/mol. The highest BCUT2D eigenvalue weighted by atomic mass is 32.2. The monoisotopic (exact) mass is 333 g/mol. The molecule has 0 aliphatic rings. The number of para-hydroxylation sites is 1. The number of benzene rings is 2. The molecule has 4 nitrogen and oxygen atoms in total. The van der Waals surface area contributed by atoms with Gasteiger partial charge in [0, 0.05) is 13.1 Å². The van der Waals surface area contributed by atoms with Crippen molar-refractivity contribution in [1.29, 1.82) is 0 Å². The highest BCUT2D eigenvalue weighted by Crippen LogP contribution is 2.32. The summed E-state index contributed by atoms with van der Waals surface area (Å²) in [6.45, 7) is 5.90. The first-order valence-corrected chi connectivity index (χ1v) is 8.91. The zero-order valence-electron chi connectivity index (χ0n) is 14.2. The van der Waals surface area contributed by atoms with Gasteiger partial charge in [0.25, 0.3) is 0 Å². The van der Waals surface area contributed by atoms with Crippen LogP contribution in [0.1, 0.15) is 29.7 Å².